The number of H-pyrrole nitrogens is 1. The first-order valence-electron chi connectivity index (χ1n) is 11.1. The topological polar surface area (TPSA) is 99.1 Å². The molecule has 0 radical (unpaired) electrons. The van der Waals surface area contributed by atoms with Crippen LogP contribution in [0.15, 0.2) is 61.1 Å². The van der Waals surface area contributed by atoms with Crippen LogP contribution in [0.25, 0.3) is 11.3 Å². The molecule has 2 atom stereocenters. The third kappa shape index (κ3) is 4.87. The van der Waals surface area contributed by atoms with Gasteiger partial charge in [0.1, 0.15) is 0 Å². The number of esters is 1. The lowest BCUT2D eigenvalue weighted by Crippen LogP contribution is -2.44. The number of carbonyl (C=O) groups excluding carboxylic acids is 2. The quantitative estimate of drug-likeness (QED) is 0.423. The number of rotatable bonds is 7. The minimum atomic E-state index is -0.466. The van der Waals surface area contributed by atoms with E-state index in [4.69, 9.17) is 10.1 Å². The third-order valence-corrected chi connectivity index (χ3v) is 6.29. The Hall–Kier alpha value is -3.74. The lowest BCUT2D eigenvalue weighted by molar-refractivity contribution is -0.147. The molecule has 1 aliphatic heterocycles. The monoisotopic (exact) mass is 444 g/mol. The summed E-state index contributed by atoms with van der Waals surface area (Å²) in [5, 5.41) is 7.90. The van der Waals surface area contributed by atoms with Crippen LogP contribution in [0.4, 0.5) is 0 Å². The van der Waals surface area contributed by atoms with Crippen molar-refractivity contribution in [1.82, 2.24) is 14.9 Å². The molecular formula is C26H28N4O3. The molecule has 2 heterocycles. The second kappa shape index (κ2) is 9.81. The standard InChI is InChI=1S/C26H28N4O3/c1-17(27)21-6-3-5-18(13-21)14-22(26(32)33-2)24-7-4-12-30(24)25(31)20-10-8-19(9-11-20)23-15-28-16-29-23/h3,5-6,8-11,13,15-16,22,24,27H,4,7,12,14H2,1-2H3,(H,28,29). The van der Waals surface area contributed by atoms with Crippen LogP contribution < -0.4 is 0 Å². The van der Waals surface area contributed by atoms with E-state index < -0.39 is 5.92 Å². The Bertz CT molecular complexity index is 1140. The summed E-state index contributed by atoms with van der Waals surface area (Å²) in [5.41, 5.74) is 4.69. The molecule has 0 bridgehead atoms. The molecule has 4 rings (SSSR count). The molecule has 1 amide bonds. The molecule has 0 spiro atoms. The van der Waals surface area contributed by atoms with Crippen LogP contribution in [-0.2, 0) is 16.0 Å². The zero-order valence-electron chi connectivity index (χ0n) is 18.9. The number of ether oxygens (including phenoxy) is 1. The maximum Gasteiger partial charge on any atom is 0.311 e. The number of aromatic amines is 1. The van der Waals surface area contributed by atoms with E-state index in [-0.39, 0.29) is 17.9 Å². The molecule has 1 fully saturated rings. The van der Waals surface area contributed by atoms with Crippen molar-refractivity contribution in [2.45, 2.75) is 32.2 Å². The molecule has 2 aromatic carbocycles. The van der Waals surface area contributed by atoms with Crippen LogP contribution in [0, 0.1) is 11.3 Å². The highest BCUT2D eigenvalue weighted by Gasteiger charge is 2.39. The van der Waals surface area contributed by atoms with E-state index >= 15 is 0 Å². The molecule has 1 saturated heterocycles. The van der Waals surface area contributed by atoms with Gasteiger partial charge in [-0.1, -0.05) is 30.3 Å². The van der Waals surface area contributed by atoms with E-state index in [1.807, 2.05) is 53.4 Å². The van der Waals surface area contributed by atoms with E-state index in [0.29, 0.717) is 24.2 Å². The Morgan fingerprint density at radius 3 is 2.67 bits per heavy atom. The molecule has 2 unspecified atom stereocenters. The van der Waals surface area contributed by atoms with Gasteiger partial charge in [-0.05, 0) is 61.1 Å². The number of likely N-dealkylation sites (tertiary alicyclic amines) is 1. The molecular weight excluding hydrogens is 416 g/mol. The highest BCUT2D eigenvalue weighted by atomic mass is 16.5. The number of benzene rings is 2. The summed E-state index contributed by atoms with van der Waals surface area (Å²) in [7, 11) is 1.39. The van der Waals surface area contributed by atoms with Gasteiger partial charge in [0, 0.05) is 23.9 Å². The summed E-state index contributed by atoms with van der Waals surface area (Å²) in [5.74, 6) is -0.857. The van der Waals surface area contributed by atoms with Crippen LogP contribution in [0.3, 0.4) is 0 Å². The van der Waals surface area contributed by atoms with Gasteiger partial charge in [-0.25, -0.2) is 4.98 Å². The Morgan fingerprint density at radius 1 is 1.21 bits per heavy atom. The molecule has 0 saturated carbocycles. The van der Waals surface area contributed by atoms with Crippen molar-refractivity contribution in [2.75, 3.05) is 13.7 Å². The molecule has 7 nitrogen and oxygen atoms in total. The number of nitrogens with zero attached hydrogens (tertiary/aromatic N) is 2. The number of amides is 1. The number of hydrogen-bond donors (Lipinski definition) is 2. The molecule has 1 aromatic heterocycles. The average Bonchev–Trinajstić information content (AvgIpc) is 3.54. The largest absolute Gasteiger partial charge is 0.469 e. The van der Waals surface area contributed by atoms with Crippen LogP contribution in [-0.4, -0.2) is 52.2 Å². The van der Waals surface area contributed by atoms with Crippen LogP contribution in [0.2, 0.25) is 0 Å². The van der Waals surface area contributed by atoms with Crippen molar-refractivity contribution in [2.24, 2.45) is 5.92 Å². The summed E-state index contributed by atoms with van der Waals surface area (Å²) in [6, 6.07) is 14.9. The van der Waals surface area contributed by atoms with Crippen molar-refractivity contribution < 1.29 is 14.3 Å². The molecule has 170 valence electrons. The fourth-order valence-electron chi connectivity index (χ4n) is 4.55. The highest BCUT2D eigenvalue weighted by molar-refractivity contribution is 5.96. The van der Waals surface area contributed by atoms with E-state index in [0.717, 1.165) is 35.2 Å². The van der Waals surface area contributed by atoms with Crippen LogP contribution >= 0.6 is 0 Å². The van der Waals surface area contributed by atoms with Gasteiger partial charge in [-0.15, -0.1) is 0 Å². The summed E-state index contributed by atoms with van der Waals surface area (Å²) in [6.45, 7) is 2.35. The van der Waals surface area contributed by atoms with E-state index in [1.165, 1.54) is 7.11 Å². The van der Waals surface area contributed by atoms with Crippen LogP contribution in [0.5, 0.6) is 0 Å². The normalized spacial score (nSPS) is 16.4. The predicted molar refractivity (Wildman–Crippen MR) is 126 cm³/mol. The number of hydrogen-bond acceptors (Lipinski definition) is 5. The zero-order chi connectivity index (χ0) is 23.4. The van der Waals surface area contributed by atoms with Gasteiger partial charge in [-0.2, -0.15) is 0 Å². The van der Waals surface area contributed by atoms with Crippen molar-refractivity contribution in [1.29, 1.82) is 5.41 Å². The van der Waals surface area contributed by atoms with Crippen molar-refractivity contribution in [3.8, 4) is 11.3 Å². The van der Waals surface area contributed by atoms with Gasteiger partial charge >= 0.3 is 5.97 Å². The highest BCUT2D eigenvalue weighted by Crippen LogP contribution is 2.30. The summed E-state index contributed by atoms with van der Waals surface area (Å²) in [4.78, 5) is 35.1. The van der Waals surface area contributed by atoms with Gasteiger partial charge in [-0.3, -0.25) is 9.59 Å². The fourth-order valence-corrected chi connectivity index (χ4v) is 4.55. The first-order chi connectivity index (χ1) is 16.0. The molecule has 2 N–H and O–H groups in total. The molecule has 7 heteroatoms. The summed E-state index contributed by atoms with van der Waals surface area (Å²) >= 11 is 0. The van der Waals surface area contributed by atoms with Gasteiger partial charge in [0.25, 0.3) is 5.91 Å². The number of aromatic nitrogens is 2. The molecule has 3 aromatic rings. The van der Waals surface area contributed by atoms with Crippen molar-refractivity contribution in [3.63, 3.8) is 0 Å². The second-order valence-electron chi connectivity index (χ2n) is 8.41. The number of nitrogens with one attached hydrogen (secondary N) is 2. The number of methoxy groups -OCH3 is 1. The van der Waals surface area contributed by atoms with Crippen molar-refractivity contribution in [3.05, 3.63) is 77.7 Å². The van der Waals surface area contributed by atoms with Gasteiger partial charge < -0.3 is 20.0 Å². The van der Waals surface area contributed by atoms with E-state index in [1.54, 1.807) is 19.4 Å². The first-order valence-corrected chi connectivity index (χ1v) is 11.1. The maximum atomic E-state index is 13.4. The summed E-state index contributed by atoms with van der Waals surface area (Å²) in [6.07, 6.45) is 5.41. The Morgan fingerprint density at radius 2 is 2.00 bits per heavy atom. The smallest absolute Gasteiger partial charge is 0.311 e. The maximum absolute atomic E-state index is 13.4. The molecule has 1 aliphatic rings. The fraction of sp³-hybridized carbons (Fsp3) is 0.308. The van der Waals surface area contributed by atoms with E-state index in [9.17, 15) is 9.59 Å². The Labute approximate surface area is 193 Å². The minimum Gasteiger partial charge on any atom is -0.469 e. The van der Waals surface area contributed by atoms with Crippen molar-refractivity contribution >= 4 is 17.6 Å². The Kier molecular flexibility index (Phi) is 6.68. The van der Waals surface area contributed by atoms with Crippen LogP contribution in [0.1, 0.15) is 41.3 Å². The number of imidazole rings is 1. The van der Waals surface area contributed by atoms with E-state index in [2.05, 4.69) is 9.97 Å². The molecule has 0 aliphatic carbocycles. The zero-order valence-corrected chi connectivity index (χ0v) is 18.9. The minimum absolute atomic E-state index is 0.0772. The predicted octanol–water partition coefficient (Wildman–Crippen LogP) is 4.10. The lowest BCUT2D eigenvalue weighted by Gasteiger charge is -2.30. The van der Waals surface area contributed by atoms with Gasteiger partial charge in [0.15, 0.2) is 0 Å². The Balaban J connectivity index is 1.56. The summed E-state index contributed by atoms with van der Waals surface area (Å²) < 4.78 is 5.14. The SMILES string of the molecule is COC(=O)C(Cc1cccc(C(C)=N)c1)C1CCCN1C(=O)c1ccc(-c2cnc[nH]2)cc1. The number of carbonyl (C=O) groups is 2. The van der Waals surface area contributed by atoms with Gasteiger partial charge in [0.2, 0.25) is 0 Å². The van der Waals surface area contributed by atoms with Gasteiger partial charge in [0.05, 0.1) is 31.2 Å². The third-order valence-electron chi connectivity index (χ3n) is 6.29. The second-order valence-corrected chi connectivity index (χ2v) is 8.41. The first kappa shape index (κ1) is 22.5. The lowest BCUT2D eigenvalue weighted by atomic mass is 9.89. The average molecular weight is 445 g/mol. The molecule has 33 heavy (non-hydrogen) atoms.